The molecule has 0 amide bonds. The van der Waals surface area contributed by atoms with Gasteiger partial charge in [-0.15, -0.1) is 0 Å². The van der Waals surface area contributed by atoms with Crippen molar-refractivity contribution in [1.82, 2.24) is 0 Å². The zero-order valence-corrected chi connectivity index (χ0v) is 16.9. The Bertz CT molecular complexity index is 1120. The van der Waals surface area contributed by atoms with Gasteiger partial charge >= 0.3 is 0 Å². The summed E-state index contributed by atoms with van der Waals surface area (Å²) < 4.78 is 0. The van der Waals surface area contributed by atoms with E-state index in [-0.39, 0.29) is 11.5 Å². The highest BCUT2D eigenvalue weighted by atomic mass is 16.3. The van der Waals surface area contributed by atoms with E-state index in [9.17, 15) is 10.2 Å². The van der Waals surface area contributed by atoms with Crippen LogP contribution in [-0.2, 0) is 0 Å². The summed E-state index contributed by atoms with van der Waals surface area (Å²) in [7, 11) is 0. The fourth-order valence-corrected chi connectivity index (χ4v) is 3.30. The van der Waals surface area contributed by atoms with Crippen LogP contribution in [0.1, 0.15) is 17.5 Å². The van der Waals surface area contributed by atoms with Crippen molar-refractivity contribution in [3.63, 3.8) is 0 Å². The molecule has 0 radical (unpaired) electrons. The van der Waals surface area contributed by atoms with Crippen LogP contribution in [0.2, 0.25) is 0 Å². The topological polar surface area (TPSA) is 65.2 Å². The first-order chi connectivity index (χ1) is 15.2. The molecule has 0 aliphatic carbocycles. The zero-order chi connectivity index (χ0) is 21.5. The van der Waals surface area contributed by atoms with E-state index in [1.165, 1.54) is 0 Å². The fourth-order valence-electron chi connectivity index (χ4n) is 3.30. The molecule has 4 rings (SSSR count). The van der Waals surface area contributed by atoms with Gasteiger partial charge in [0.2, 0.25) is 0 Å². The molecule has 0 fully saturated rings. The van der Waals surface area contributed by atoms with Gasteiger partial charge in [-0.3, -0.25) is 9.98 Å². The van der Waals surface area contributed by atoms with Crippen LogP contribution in [0.5, 0.6) is 11.5 Å². The Kier molecular flexibility index (Phi) is 6.19. The van der Waals surface area contributed by atoms with Crippen LogP contribution in [0.3, 0.4) is 0 Å². The summed E-state index contributed by atoms with van der Waals surface area (Å²) in [6.45, 7) is 0. The minimum absolute atomic E-state index is 0.147. The molecule has 31 heavy (non-hydrogen) atoms. The molecule has 0 saturated carbocycles. The van der Waals surface area contributed by atoms with Crippen molar-refractivity contribution in [3.8, 4) is 11.5 Å². The van der Waals surface area contributed by atoms with Gasteiger partial charge < -0.3 is 10.2 Å². The van der Waals surface area contributed by atoms with Crippen molar-refractivity contribution < 1.29 is 10.2 Å². The average Bonchev–Trinajstić information content (AvgIpc) is 2.80. The number of nitrogens with zero attached hydrogens (tertiary/aromatic N) is 2. The van der Waals surface area contributed by atoms with Crippen molar-refractivity contribution in [3.05, 3.63) is 120 Å². The molecule has 4 nitrogen and oxygen atoms in total. The first-order valence-corrected chi connectivity index (χ1v) is 10.0. The number of benzene rings is 4. The summed E-state index contributed by atoms with van der Waals surface area (Å²) in [5.41, 5.74) is 4.11. The first-order valence-electron chi connectivity index (χ1n) is 10.0. The molecule has 0 atom stereocenters. The second-order valence-corrected chi connectivity index (χ2v) is 7.00. The third kappa shape index (κ3) is 5.06. The van der Waals surface area contributed by atoms with Gasteiger partial charge in [-0.05, 0) is 48.5 Å². The number of para-hydroxylation sites is 4. The molecule has 0 aliphatic rings. The molecule has 0 saturated heterocycles. The van der Waals surface area contributed by atoms with Crippen LogP contribution < -0.4 is 0 Å². The standard InChI is InChI=1S/C27H22N2O2/c30-26-17-9-7-15-22(26)24(28-20-11-3-1-4-12-20)19-25(23-16-8-10-18-27(23)31)29-21-13-5-2-6-14-21/h1-18,30-31H,19H2/b28-24+,29-25+. The summed E-state index contributed by atoms with van der Waals surface area (Å²) in [6.07, 6.45) is 0.318. The van der Waals surface area contributed by atoms with Gasteiger partial charge in [-0.2, -0.15) is 0 Å². The lowest BCUT2D eigenvalue weighted by atomic mass is 9.98. The first kappa shape index (κ1) is 20.1. The maximum atomic E-state index is 10.5. The predicted octanol–water partition coefficient (Wildman–Crippen LogP) is 6.43. The van der Waals surface area contributed by atoms with E-state index in [0.717, 1.165) is 11.4 Å². The van der Waals surface area contributed by atoms with Gasteiger partial charge in [0.05, 0.1) is 22.8 Å². The molecular formula is C27H22N2O2. The molecule has 0 unspecified atom stereocenters. The Hall–Kier alpha value is -4.18. The molecule has 2 N–H and O–H groups in total. The molecule has 4 heteroatoms. The third-order valence-electron chi connectivity index (χ3n) is 4.81. The van der Waals surface area contributed by atoms with Crippen molar-refractivity contribution in [1.29, 1.82) is 0 Å². The molecule has 0 aromatic heterocycles. The summed E-state index contributed by atoms with van der Waals surface area (Å²) in [6, 6.07) is 33.4. The highest BCUT2D eigenvalue weighted by molar-refractivity contribution is 6.20. The van der Waals surface area contributed by atoms with E-state index in [1.54, 1.807) is 24.3 Å². The smallest absolute Gasteiger partial charge is 0.124 e. The quantitative estimate of drug-likeness (QED) is 0.362. The zero-order valence-electron chi connectivity index (χ0n) is 16.9. The normalized spacial score (nSPS) is 12.0. The lowest BCUT2D eigenvalue weighted by Crippen LogP contribution is -2.11. The van der Waals surface area contributed by atoms with Crippen LogP contribution in [-0.4, -0.2) is 21.6 Å². The number of phenols is 2. The van der Waals surface area contributed by atoms with Crippen LogP contribution in [0, 0.1) is 0 Å². The Balaban J connectivity index is 1.85. The summed E-state index contributed by atoms with van der Waals surface area (Å²) in [4.78, 5) is 9.64. The van der Waals surface area contributed by atoms with Crippen molar-refractivity contribution in [2.24, 2.45) is 9.98 Å². The van der Waals surface area contributed by atoms with E-state index in [2.05, 4.69) is 0 Å². The molecule has 4 aromatic rings. The van der Waals surface area contributed by atoms with Crippen molar-refractivity contribution in [2.45, 2.75) is 6.42 Å². The minimum Gasteiger partial charge on any atom is -0.507 e. The van der Waals surface area contributed by atoms with Gasteiger partial charge in [0.15, 0.2) is 0 Å². The van der Waals surface area contributed by atoms with Crippen LogP contribution in [0.4, 0.5) is 11.4 Å². The summed E-state index contributed by atoms with van der Waals surface area (Å²) >= 11 is 0. The number of hydrogen-bond acceptors (Lipinski definition) is 4. The molecule has 0 bridgehead atoms. The Morgan fingerprint density at radius 3 is 1.23 bits per heavy atom. The molecular weight excluding hydrogens is 384 g/mol. The number of hydrogen-bond donors (Lipinski definition) is 2. The lowest BCUT2D eigenvalue weighted by Gasteiger charge is -2.13. The maximum Gasteiger partial charge on any atom is 0.124 e. The minimum atomic E-state index is 0.147. The monoisotopic (exact) mass is 406 g/mol. The third-order valence-corrected chi connectivity index (χ3v) is 4.81. The Morgan fingerprint density at radius 2 is 0.839 bits per heavy atom. The van der Waals surface area contributed by atoms with E-state index in [0.29, 0.717) is 29.0 Å². The van der Waals surface area contributed by atoms with Crippen LogP contribution in [0.25, 0.3) is 0 Å². The maximum absolute atomic E-state index is 10.5. The predicted molar refractivity (Wildman–Crippen MR) is 126 cm³/mol. The summed E-state index contributed by atoms with van der Waals surface area (Å²) in [5.74, 6) is 0.294. The van der Waals surface area contributed by atoms with Gasteiger partial charge in [-0.25, -0.2) is 0 Å². The molecule has 0 heterocycles. The number of rotatable bonds is 6. The van der Waals surface area contributed by atoms with Gasteiger partial charge in [-0.1, -0.05) is 60.7 Å². The second kappa shape index (κ2) is 9.55. The largest absolute Gasteiger partial charge is 0.507 e. The number of aromatic hydroxyl groups is 2. The SMILES string of the molecule is Oc1ccccc1/C(C/C(=N\c1ccccc1)c1ccccc1O)=N/c1ccccc1. The Morgan fingerprint density at radius 1 is 0.484 bits per heavy atom. The summed E-state index contributed by atoms with van der Waals surface area (Å²) in [5, 5.41) is 21.0. The van der Waals surface area contributed by atoms with Crippen LogP contribution >= 0.6 is 0 Å². The average molecular weight is 406 g/mol. The Labute approximate surface area is 181 Å². The molecule has 4 aromatic carbocycles. The molecule has 0 spiro atoms. The van der Waals surface area contributed by atoms with Crippen molar-refractivity contribution in [2.75, 3.05) is 0 Å². The second-order valence-electron chi connectivity index (χ2n) is 7.00. The molecule has 152 valence electrons. The van der Waals surface area contributed by atoms with Crippen LogP contribution in [0.15, 0.2) is 119 Å². The van der Waals surface area contributed by atoms with Gasteiger partial charge in [0.25, 0.3) is 0 Å². The van der Waals surface area contributed by atoms with Gasteiger partial charge in [0, 0.05) is 17.5 Å². The highest BCUT2D eigenvalue weighted by Crippen LogP contribution is 2.27. The lowest BCUT2D eigenvalue weighted by molar-refractivity contribution is 0.474. The van der Waals surface area contributed by atoms with E-state index in [4.69, 9.17) is 9.98 Å². The number of aliphatic imine (C=N–C) groups is 2. The van der Waals surface area contributed by atoms with E-state index >= 15 is 0 Å². The molecule has 0 aliphatic heterocycles. The number of phenolic OH excluding ortho intramolecular Hbond substituents is 2. The fraction of sp³-hybridized carbons (Fsp3) is 0.0370. The highest BCUT2D eigenvalue weighted by Gasteiger charge is 2.16. The van der Waals surface area contributed by atoms with Gasteiger partial charge in [0.1, 0.15) is 11.5 Å². The van der Waals surface area contributed by atoms with Crippen molar-refractivity contribution >= 4 is 22.8 Å². The van der Waals surface area contributed by atoms with E-state index in [1.807, 2.05) is 84.9 Å². The van der Waals surface area contributed by atoms with E-state index < -0.39 is 0 Å².